The summed E-state index contributed by atoms with van der Waals surface area (Å²) in [4.78, 5) is 27.0. The third-order valence-corrected chi connectivity index (χ3v) is 4.86. The third-order valence-electron chi connectivity index (χ3n) is 3.97. The largest absolute Gasteiger partial charge is 0.493 e. The molecule has 0 unspecified atom stereocenters. The Morgan fingerprint density at radius 1 is 1.21 bits per heavy atom. The molecule has 28 heavy (non-hydrogen) atoms. The molecule has 1 aromatic carbocycles. The number of benzene rings is 1. The van der Waals surface area contributed by atoms with E-state index in [0.29, 0.717) is 35.4 Å². The van der Waals surface area contributed by atoms with Crippen molar-refractivity contribution in [1.29, 1.82) is 0 Å². The van der Waals surface area contributed by atoms with E-state index in [4.69, 9.17) is 14.6 Å². The van der Waals surface area contributed by atoms with E-state index in [0.717, 1.165) is 24.8 Å². The zero-order valence-corrected chi connectivity index (χ0v) is 17.0. The molecule has 0 aliphatic rings. The molecular weight excluding hydrogens is 380 g/mol. The lowest BCUT2D eigenvalue weighted by atomic mass is 10.2. The lowest BCUT2D eigenvalue weighted by molar-refractivity contribution is -0.136. The highest BCUT2D eigenvalue weighted by Crippen LogP contribution is 2.28. The van der Waals surface area contributed by atoms with E-state index in [-0.39, 0.29) is 18.7 Å². The van der Waals surface area contributed by atoms with Gasteiger partial charge >= 0.3 is 5.97 Å². The topological polar surface area (TPSA) is 97.8 Å². The van der Waals surface area contributed by atoms with Crippen molar-refractivity contribution in [3.05, 3.63) is 39.8 Å². The lowest BCUT2D eigenvalue weighted by Gasteiger charge is -2.12. The molecule has 0 fully saturated rings. The van der Waals surface area contributed by atoms with Crippen molar-refractivity contribution in [3.8, 4) is 11.5 Å². The van der Waals surface area contributed by atoms with Gasteiger partial charge in [-0.25, -0.2) is 4.98 Å². The summed E-state index contributed by atoms with van der Waals surface area (Å²) in [5.74, 6) is 0.229. The first-order valence-electron chi connectivity index (χ1n) is 9.23. The first kappa shape index (κ1) is 21.7. The van der Waals surface area contributed by atoms with Crippen molar-refractivity contribution in [2.75, 3.05) is 13.7 Å². The van der Waals surface area contributed by atoms with Crippen LogP contribution in [-0.2, 0) is 29.0 Å². The number of methoxy groups -OCH3 is 1. The van der Waals surface area contributed by atoms with Gasteiger partial charge in [0, 0.05) is 11.9 Å². The summed E-state index contributed by atoms with van der Waals surface area (Å²) in [5.41, 5.74) is 1.37. The van der Waals surface area contributed by atoms with Gasteiger partial charge in [0.05, 0.1) is 32.3 Å². The molecular formula is C20H26N2O5S. The molecule has 0 saturated carbocycles. The van der Waals surface area contributed by atoms with Crippen molar-refractivity contribution < 1.29 is 24.2 Å². The van der Waals surface area contributed by atoms with Crippen LogP contribution in [0.3, 0.4) is 0 Å². The standard InChI is InChI=1S/C20H26N2O5S/c1-3-4-5-8-27-16-7-6-14(9-17(16)26-2)12-21-18(23)11-19-22-15(13-28-19)10-20(24)25/h6-7,9,13H,3-5,8,10-12H2,1-2H3,(H,21,23)(H,24,25). The maximum absolute atomic E-state index is 12.1. The number of aliphatic carboxylic acids is 1. The fourth-order valence-electron chi connectivity index (χ4n) is 2.54. The number of amides is 1. The van der Waals surface area contributed by atoms with Gasteiger partial charge in [-0.3, -0.25) is 9.59 Å². The number of unbranched alkanes of at least 4 members (excludes halogenated alkanes) is 2. The Kier molecular flexibility index (Phi) is 8.74. The minimum Gasteiger partial charge on any atom is -0.493 e. The quantitative estimate of drug-likeness (QED) is 0.525. The van der Waals surface area contributed by atoms with E-state index in [1.54, 1.807) is 12.5 Å². The van der Waals surface area contributed by atoms with Crippen molar-refractivity contribution >= 4 is 23.2 Å². The molecule has 152 valence electrons. The predicted octanol–water partition coefficient (Wildman–Crippen LogP) is 3.21. The Bertz CT molecular complexity index is 791. The van der Waals surface area contributed by atoms with Gasteiger partial charge in [0.1, 0.15) is 5.01 Å². The zero-order valence-electron chi connectivity index (χ0n) is 16.2. The van der Waals surface area contributed by atoms with Crippen molar-refractivity contribution in [1.82, 2.24) is 10.3 Å². The summed E-state index contributed by atoms with van der Waals surface area (Å²) in [5, 5.41) is 13.9. The van der Waals surface area contributed by atoms with Gasteiger partial charge in [0.15, 0.2) is 11.5 Å². The Labute approximate surface area is 168 Å². The third kappa shape index (κ3) is 7.19. The lowest BCUT2D eigenvalue weighted by Crippen LogP contribution is -2.24. The summed E-state index contributed by atoms with van der Waals surface area (Å²) >= 11 is 1.29. The molecule has 0 bridgehead atoms. The summed E-state index contributed by atoms with van der Waals surface area (Å²) in [7, 11) is 1.59. The van der Waals surface area contributed by atoms with Crippen LogP contribution in [0.4, 0.5) is 0 Å². The van der Waals surface area contributed by atoms with Crippen LogP contribution in [0.5, 0.6) is 11.5 Å². The number of carboxylic acid groups (broad SMARTS) is 1. The van der Waals surface area contributed by atoms with Crippen molar-refractivity contribution in [2.45, 2.75) is 45.6 Å². The van der Waals surface area contributed by atoms with Crippen LogP contribution in [0, 0.1) is 0 Å². The molecule has 7 nitrogen and oxygen atoms in total. The highest BCUT2D eigenvalue weighted by molar-refractivity contribution is 7.09. The number of nitrogens with zero attached hydrogens (tertiary/aromatic N) is 1. The van der Waals surface area contributed by atoms with Gasteiger partial charge in [0.2, 0.25) is 5.91 Å². The number of carboxylic acids is 1. The number of thiazole rings is 1. The van der Waals surface area contributed by atoms with E-state index < -0.39 is 5.97 Å². The van der Waals surface area contributed by atoms with E-state index in [9.17, 15) is 9.59 Å². The normalized spacial score (nSPS) is 10.5. The Morgan fingerprint density at radius 2 is 2.04 bits per heavy atom. The van der Waals surface area contributed by atoms with Gasteiger partial charge in [-0.05, 0) is 24.1 Å². The van der Waals surface area contributed by atoms with Gasteiger partial charge in [-0.1, -0.05) is 25.8 Å². The van der Waals surface area contributed by atoms with Crippen LogP contribution in [0.25, 0.3) is 0 Å². The Hall–Kier alpha value is -2.61. The van der Waals surface area contributed by atoms with Gasteiger partial charge in [0.25, 0.3) is 0 Å². The van der Waals surface area contributed by atoms with Crippen LogP contribution in [-0.4, -0.2) is 35.7 Å². The zero-order chi connectivity index (χ0) is 20.4. The smallest absolute Gasteiger partial charge is 0.309 e. The molecule has 0 aliphatic carbocycles. The van der Waals surface area contributed by atoms with E-state index in [1.807, 2.05) is 18.2 Å². The van der Waals surface area contributed by atoms with Gasteiger partial charge in [-0.2, -0.15) is 0 Å². The monoisotopic (exact) mass is 406 g/mol. The molecule has 8 heteroatoms. The number of hydrogen-bond acceptors (Lipinski definition) is 6. The number of ether oxygens (including phenoxy) is 2. The summed E-state index contributed by atoms with van der Waals surface area (Å²) in [6.45, 7) is 3.16. The molecule has 0 radical (unpaired) electrons. The number of hydrogen-bond donors (Lipinski definition) is 2. The fourth-order valence-corrected chi connectivity index (χ4v) is 3.33. The molecule has 0 atom stereocenters. The average Bonchev–Trinajstić information content (AvgIpc) is 3.09. The Balaban J connectivity index is 1.84. The number of rotatable bonds is 12. The maximum Gasteiger partial charge on any atom is 0.309 e. The van der Waals surface area contributed by atoms with Crippen molar-refractivity contribution in [3.63, 3.8) is 0 Å². The fraction of sp³-hybridized carbons (Fsp3) is 0.450. The Morgan fingerprint density at radius 3 is 2.75 bits per heavy atom. The summed E-state index contributed by atoms with van der Waals surface area (Å²) in [6, 6.07) is 5.60. The van der Waals surface area contributed by atoms with Crippen LogP contribution in [0.1, 0.15) is 42.5 Å². The molecule has 1 aromatic heterocycles. The van der Waals surface area contributed by atoms with Gasteiger partial charge < -0.3 is 19.9 Å². The van der Waals surface area contributed by atoms with Crippen molar-refractivity contribution in [2.24, 2.45) is 0 Å². The van der Waals surface area contributed by atoms with Gasteiger partial charge in [-0.15, -0.1) is 11.3 Å². The minimum atomic E-state index is -0.937. The van der Waals surface area contributed by atoms with E-state index >= 15 is 0 Å². The van der Waals surface area contributed by atoms with Crippen LogP contribution < -0.4 is 14.8 Å². The molecule has 1 heterocycles. The molecule has 2 rings (SSSR count). The number of aromatic nitrogens is 1. The molecule has 1 amide bonds. The average molecular weight is 407 g/mol. The number of carbonyl (C=O) groups excluding carboxylic acids is 1. The maximum atomic E-state index is 12.1. The highest BCUT2D eigenvalue weighted by Gasteiger charge is 2.11. The first-order valence-corrected chi connectivity index (χ1v) is 10.1. The SMILES string of the molecule is CCCCCOc1ccc(CNC(=O)Cc2nc(CC(=O)O)cs2)cc1OC. The predicted molar refractivity (Wildman–Crippen MR) is 107 cm³/mol. The second-order valence-electron chi connectivity index (χ2n) is 6.30. The molecule has 0 spiro atoms. The van der Waals surface area contributed by atoms with E-state index in [2.05, 4.69) is 17.2 Å². The second kappa shape index (κ2) is 11.3. The van der Waals surface area contributed by atoms with Crippen LogP contribution in [0.15, 0.2) is 23.6 Å². The van der Waals surface area contributed by atoms with Crippen LogP contribution in [0.2, 0.25) is 0 Å². The minimum absolute atomic E-state index is 0.125. The summed E-state index contributed by atoms with van der Waals surface area (Å²) < 4.78 is 11.1. The molecule has 2 aromatic rings. The first-order chi connectivity index (χ1) is 13.5. The summed E-state index contributed by atoms with van der Waals surface area (Å²) in [6.07, 6.45) is 3.26. The highest BCUT2D eigenvalue weighted by atomic mass is 32.1. The number of carbonyl (C=O) groups is 2. The molecule has 2 N–H and O–H groups in total. The van der Waals surface area contributed by atoms with E-state index in [1.165, 1.54) is 11.3 Å². The molecule has 0 saturated heterocycles. The second-order valence-corrected chi connectivity index (χ2v) is 7.24. The number of nitrogens with one attached hydrogen (secondary N) is 1. The molecule has 0 aliphatic heterocycles. The van der Waals surface area contributed by atoms with Crippen LogP contribution >= 0.6 is 11.3 Å².